The van der Waals surface area contributed by atoms with Crippen LogP contribution >= 0.6 is 0 Å². The molecule has 0 heterocycles. The molecule has 68 valence electrons. The largest absolute Gasteiger partial charge is 0.466 e. The van der Waals surface area contributed by atoms with Gasteiger partial charge in [-0.05, 0) is 12.5 Å². The predicted octanol–water partition coefficient (Wildman–Crippen LogP) is -0.877. The summed E-state index contributed by atoms with van der Waals surface area (Å²) >= 11 is 0.655. The number of carbonyl (C=O) groups excluding carboxylic acids is 1. The Kier molecular flexibility index (Phi) is 5.62. The van der Waals surface area contributed by atoms with Crippen LogP contribution in [0.3, 0.4) is 0 Å². The van der Waals surface area contributed by atoms with E-state index >= 15 is 0 Å². The van der Waals surface area contributed by atoms with E-state index in [0.717, 1.165) is 0 Å². The summed E-state index contributed by atoms with van der Waals surface area (Å²) in [5.74, 6) is -0.492. The second kappa shape index (κ2) is 6.24. The SMILES string of the molecule is COC(=O)/C=C(C)\C(C#N)=N\[NH][AlH2]. The Labute approximate surface area is 84.7 Å². The minimum Gasteiger partial charge on any atom is -0.466 e. The van der Waals surface area contributed by atoms with Gasteiger partial charge in [-0.1, -0.05) is 0 Å². The van der Waals surface area contributed by atoms with E-state index in [2.05, 4.69) is 14.2 Å². The van der Waals surface area contributed by atoms with E-state index in [-0.39, 0.29) is 5.71 Å². The number of hydrogen-bond acceptors (Lipinski definition) is 5. The van der Waals surface area contributed by atoms with Gasteiger partial charge in [0.15, 0.2) is 5.71 Å². The van der Waals surface area contributed by atoms with Crippen molar-refractivity contribution in [3.05, 3.63) is 11.6 Å². The number of ether oxygens (including phenoxy) is 1. The van der Waals surface area contributed by atoms with Gasteiger partial charge in [-0.3, -0.25) is 0 Å². The van der Waals surface area contributed by atoms with Gasteiger partial charge in [0.2, 0.25) is 0 Å². The van der Waals surface area contributed by atoms with Crippen LogP contribution in [0.4, 0.5) is 0 Å². The molecule has 0 fully saturated rings. The summed E-state index contributed by atoms with van der Waals surface area (Å²) in [5, 5.41) is 12.3. The highest BCUT2D eigenvalue weighted by atomic mass is 27.1. The summed E-state index contributed by atoms with van der Waals surface area (Å²) in [6.45, 7) is 1.62. The number of rotatable bonds is 3. The molecule has 0 aliphatic carbocycles. The fraction of sp³-hybridized carbons (Fsp3) is 0.286. The van der Waals surface area contributed by atoms with Gasteiger partial charge in [0.05, 0.1) is 7.11 Å². The van der Waals surface area contributed by atoms with E-state index in [1.807, 2.05) is 6.07 Å². The third-order valence-corrected chi connectivity index (χ3v) is 1.46. The maximum atomic E-state index is 10.8. The van der Waals surface area contributed by atoms with Crippen LogP contribution in [0.2, 0.25) is 0 Å². The van der Waals surface area contributed by atoms with Crippen LogP contribution < -0.4 is 4.41 Å². The third-order valence-electron chi connectivity index (χ3n) is 1.24. The second-order valence-corrected chi connectivity index (χ2v) is 2.59. The van der Waals surface area contributed by atoms with Crippen LogP contribution in [-0.2, 0) is 9.53 Å². The van der Waals surface area contributed by atoms with Crippen LogP contribution in [0.15, 0.2) is 16.8 Å². The normalized spacial score (nSPS) is 11.8. The van der Waals surface area contributed by atoms with Gasteiger partial charge >= 0.3 is 22.5 Å². The Bertz CT molecular complexity index is 291. The molecule has 5 nitrogen and oxygen atoms in total. The van der Waals surface area contributed by atoms with Crippen molar-refractivity contribution in [3.8, 4) is 6.07 Å². The third kappa shape index (κ3) is 4.32. The van der Waals surface area contributed by atoms with E-state index in [9.17, 15) is 4.79 Å². The van der Waals surface area contributed by atoms with Crippen LogP contribution in [0.5, 0.6) is 0 Å². The van der Waals surface area contributed by atoms with Gasteiger partial charge < -0.3 is 9.15 Å². The molecule has 0 radical (unpaired) electrons. The van der Waals surface area contributed by atoms with Crippen molar-refractivity contribution in [2.75, 3.05) is 7.11 Å². The number of methoxy groups -OCH3 is 1. The lowest BCUT2D eigenvalue weighted by Crippen LogP contribution is -2.07. The van der Waals surface area contributed by atoms with Crippen molar-refractivity contribution in [3.63, 3.8) is 0 Å². The van der Waals surface area contributed by atoms with Crippen LogP contribution in [-0.4, -0.2) is 35.3 Å². The molecule has 0 aromatic heterocycles. The van der Waals surface area contributed by atoms with Crippen LogP contribution in [0.25, 0.3) is 0 Å². The van der Waals surface area contributed by atoms with Gasteiger partial charge in [-0.15, -0.1) is 0 Å². The van der Waals surface area contributed by atoms with Gasteiger partial charge in [-0.2, -0.15) is 10.4 Å². The summed E-state index contributed by atoms with van der Waals surface area (Å²) in [7, 11) is 1.28. The molecule has 0 spiro atoms. The smallest absolute Gasteiger partial charge is 0.384 e. The first kappa shape index (κ1) is 11.7. The quantitative estimate of drug-likeness (QED) is 0.209. The first-order valence-electron chi connectivity index (χ1n) is 3.56. The standard InChI is InChI=1S/C7H9N3O2.Al.2H/c1-5(3-7(11)12-2)6(4-8)10-9;;;/h3H,1-2H3,(H2,9,11);;;/q;+1;;/p-1. The molecular formula is C7H10AlN3O2. The molecule has 0 aliphatic heterocycles. The monoisotopic (exact) mass is 195 g/mol. The minimum absolute atomic E-state index is 0.195. The number of nitrogens with one attached hydrogen (secondary N) is 1. The Balaban J connectivity index is 4.67. The Morgan fingerprint density at radius 2 is 2.38 bits per heavy atom. The van der Waals surface area contributed by atoms with Crippen LogP contribution in [0, 0.1) is 11.3 Å². The molecular weight excluding hydrogens is 185 g/mol. The highest BCUT2D eigenvalue weighted by Gasteiger charge is 2.03. The molecule has 0 atom stereocenters. The van der Waals surface area contributed by atoms with E-state index in [1.54, 1.807) is 6.92 Å². The average Bonchev–Trinajstić information content (AvgIpc) is 2.13. The van der Waals surface area contributed by atoms with Crippen molar-refractivity contribution < 1.29 is 9.53 Å². The Hall–Kier alpha value is -1.30. The molecule has 13 heavy (non-hydrogen) atoms. The number of nitrogens with zero attached hydrogens (tertiary/aromatic N) is 2. The summed E-state index contributed by atoms with van der Waals surface area (Å²) < 4.78 is 7.00. The van der Waals surface area contributed by atoms with E-state index in [0.29, 0.717) is 22.1 Å². The number of hydrazone groups is 1. The highest BCUT2D eigenvalue weighted by molar-refractivity contribution is 6.14. The summed E-state index contributed by atoms with van der Waals surface area (Å²) in [6.07, 6.45) is 1.22. The second-order valence-electron chi connectivity index (χ2n) is 2.15. The van der Waals surface area contributed by atoms with Gasteiger partial charge in [0, 0.05) is 6.08 Å². The van der Waals surface area contributed by atoms with Gasteiger partial charge in [-0.25, -0.2) is 4.79 Å². The number of hydrogen-bond donors (Lipinski definition) is 1. The van der Waals surface area contributed by atoms with E-state index < -0.39 is 5.97 Å². The lowest BCUT2D eigenvalue weighted by molar-refractivity contribution is -0.134. The summed E-state index contributed by atoms with van der Waals surface area (Å²) in [4.78, 5) is 10.8. The van der Waals surface area contributed by atoms with Crippen molar-refractivity contribution in [1.82, 2.24) is 4.41 Å². The van der Waals surface area contributed by atoms with Crippen molar-refractivity contribution in [2.24, 2.45) is 5.10 Å². The van der Waals surface area contributed by atoms with E-state index in [4.69, 9.17) is 5.26 Å². The van der Waals surface area contributed by atoms with Crippen molar-refractivity contribution in [1.29, 1.82) is 5.26 Å². The average molecular weight is 195 g/mol. The number of allylic oxidation sites excluding steroid dienone is 1. The zero-order valence-corrected chi connectivity index (χ0v) is 9.79. The van der Waals surface area contributed by atoms with Gasteiger partial charge in [0.1, 0.15) is 6.07 Å². The maximum Gasteiger partial charge on any atom is 0.384 e. The molecule has 1 N–H and O–H groups in total. The van der Waals surface area contributed by atoms with Gasteiger partial charge in [0.25, 0.3) is 0 Å². The molecule has 6 heteroatoms. The number of nitriles is 1. The Morgan fingerprint density at radius 3 is 2.77 bits per heavy atom. The minimum atomic E-state index is -0.492. The lowest BCUT2D eigenvalue weighted by Gasteiger charge is -1.97. The molecule has 0 amide bonds. The molecule has 0 rings (SSSR count). The van der Waals surface area contributed by atoms with Crippen molar-refractivity contribution >= 4 is 28.2 Å². The molecule has 0 unspecified atom stereocenters. The maximum absolute atomic E-state index is 10.8. The number of esters is 1. The first-order valence-corrected chi connectivity index (χ1v) is 4.56. The predicted molar refractivity (Wildman–Crippen MR) is 50.5 cm³/mol. The molecule has 0 saturated carbocycles. The number of carbonyl (C=O) groups is 1. The molecule has 0 aromatic carbocycles. The lowest BCUT2D eigenvalue weighted by atomic mass is 10.2. The summed E-state index contributed by atoms with van der Waals surface area (Å²) in [5.41, 5.74) is 0.679. The topological polar surface area (TPSA) is 74.5 Å². The summed E-state index contributed by atoms with van der Waals surface area (Å²) in [6, 6.07) is 1.87. The zero-order valence-electron chi connectivity index (χ0n) is 7.79. The first-order chi connectivity index (χ1) is 6.15. The molecule has 0 saturated heterocycles. The van der Waals surface area contributed by atoms with Crippen LogP contribution in [0.1, 0.15) is 6.92 Å². The molecule has 0 aromatic rings. The zero-order chi connectivity index (χ0) is 10.3. The highest BCUT2D eigenvalue weighted by Crippen LogP contribution is 1.96. The molecule has 0 aliphatic rings. The van der Waals surface area contributed by atoms with E-state index in [1.165, 1.54) is 13.2 Å². The fourth-order valence-corrected chi connectivity index (χ4v) is 0.841. The Morgan fingerprint density at radius 1 is 1.77 bits per heavy atom. The van der Waals surface area contributed by atoms with Crippen molar-refractivity contribution in [2.45, 2.75) is 6.92 Å². The fourth-order valence-electron chi connectivity index (χ4n) is 0.617. The molecule has 0 bridgehead atoms.